The summed E-state index contributed by atoms with van der Waals surface area (Å²) in [6.07, 6.45) is 19.7. The molecular formula is C18H37O. The summed E-state index contributed by atoms with van der Waals surface area (Å²) >= 11 is 0. The number of hydrogen-bond donors (Lipinski definition) is 0. The molecule has 1 radical (unpaired) electrons. The zero-order valence-electron chi connectivity index (χ0n) is 13.6. The molecule has 0 aromatic carbocycles. The predicted octanol–water partition coefficient (Wildman–Crippen LogP) is 6.67. The molecule has 0 unspecified atom stereocenters. The van der Waals surface area contributed by atoms with Crippen LogP contribution in [-0.2, 0) is 4.74 Å². The van der Waals surface area contributed by atoms with Gasteiger partial charge in [0.2, 0.25) is 0 Å². The van der Waals surface area contributed by atoms with Crippen molar-refractivity contribution in [1.29, 1.82) is 0 Å². The van der Waals surface area contributed by atoms with Gasteiger partial charge in [0.1, 0.15) is 0 Å². The van der Waals surface area contributed by atoms with Gasteiger partial charge in [-0.1, -0.05) is 90.4 Å². The van der Waals surface area contributed by atoms with Crippen LogP contribution in [0.25, 0.3) is 0 Å². The Balaban J connectivity index is 2.88. The Morgan fingerprint density at radius 2 is 1.00 bits per heavy atom. The van der Waals surface area contributed by atoms with Crippen LogP contribution in [0.4, 0.5) is 0 Å². The molecule has 0 rings (SSSR count). The molecule has 1 heteroatoms. The smallest absolute Gasteiger partial charge is 0.0836 e. The predicted molar refractivity (Wildman–Crippen MR) is 86.2 cm³/mol. The minimum absolute atomic E-state index is 0.818. The molecule has 1 nitrogen and oxygen atoms in total. The third kappa shape index (κ3) is 18.0. The minimum atomic E-state index is 0.818. The van der Waals surface area contributed by atoms with Crippen molar-refractivity contribution in [3.8, 4) is 0 Å². The van der Waals surface area contributed by atoms with Crippen LogP contribution in [-0.4, -0.2) is 6.61 Å². The molecule has 0 spiro atoms. The SMILES string of the molecule is CCCCCCCCCCCCCCC[CH]OCC. The van der Waals surface area contributed by atoms with Gasteiger partial charge in [-0.2, -0.15) is 0 Å². The molecule has 115 valence electrons. The molecule has 0 amide bonds. The molecule has 0 saturated carbocycles. The maximum atomic E-state index is 5.22. The molecule has 0 heterocycles. The lowest BCUT2D eigenvalue weighted by Gasteiger charge is -2.03. The van der Waals surface area contributed by atoms with Gasteiger partial charge in [0.05, 0.1) is 6.61 Å². The van der Waals surface area contributed by atoms with Crippen molar-refractivity contribution in [3.63, 3.8) is 0 Å². The summed E-state index contributed by atoms with van der Waals surface area (Å²) in [5.41, 5.74) is 0. The van der Waals surface area contributed by atoms with E-state index in [0.29, 0.717) is 0 Å². The van der Waals surface area contributed by atoms with Crippen LogP contribution < -0.4 is 0 Å². The van der Waals surface area contributed by atoms with E-state index in [0.717, 1.165) is 13.0 Å². The lowest BCUT2D eigenvalue weighted by atomic mass is 10.0. The standard InChI is InChI=1S/C18H37O/c1-3-5-6-7-8-9-10-11-12-13-14-15-16-17-18-19-4-2/h18H,3-17H2,1-2H3. The summed E-state index contributed by atoms with van der Waals surface area (Å²) in [6.45, 7) is 7.12. The van der Waals surface area contributed by atoms with Gasteiger partial charge in [-0.3, -0.25) is 0 Å². The molecule has 0 saturated heterocycles. The first kappa shape index (κ1) is 19.0. The van der Waals surface area contributed by atoms with Crippen molar-refractivity contribution in [2.75, 3.05) is 6.61 Å². The molecular weight excluding hydrogens is 232 g/mol. The fourth-order valence-corrected chi connectivity index (χ4v) is 2.45. The largest absolute Gasteiger partial charge is 0.376 e. The summed E-state index contributed by atoms with van der Waals surface area (Å²) in [5, 5.41) is 0. The third-order valence-corrected chi connectivity index (χ3v) is 3.71. The van der Waals surface area contributed by atoms with Crippen LogP contribution in [0.2, 0.25) is 0 Å². The summed E-state index contributed by atoms with van der Waals surface area (Å²) in [4.78, 5) is 0. The van der Waals surface area contributed by atoms with Crippen molar-refractivity contribution in [2.24, 2.45) is 0 Å². The van der Waals surface area contributed by atoms with Gasteiger partial charge in [-0.05, 0) is 13.3 Å². The summed E-state index contributed by atoms with van der Waals surface area (Å²) < 4.78 is 5.22. The van der Waals surface area contributed by atoms with E-state index < -0.39 is 0 Å². The zero-order chi connectivity index (χ0) is 14.0. The highest BCUT2D eigenvalue weighted by Gasteiger charge is 1.94. The molecule has 0 fully saturated rings. The van der Waals surface area contributed by atoms with E-state index in [2.05, 4.69) is 6.92 Å². The van der Waals surface area contributed by atoms with Crippen LogP contribution in [0.1, 0.15) is 104 Å². The van der Waals surface area contributed by atoms with Crippen LogP contribution in [0, 0.1) is 6.61 Å². The van der Waals surface area contributed by atoms with Gasteiger partial charge in [0.15, 0.2) is 0 Å². The van der Waals surface area contributed by atoms with Crippen LogP contribution >= 0.6 is 0 Å². The summed E-state index contributed by atoms with van der Waals surface area (Å²) in [7, 11) is 0. The van der Waals surface area contributed by atoms with Crippen molar-refractivity contribution < 1.29 is 4.74 Å². The van der Waals surface area contributed by atoms with Gasteiger partial charge in [-0.15, -0.1) is 0 Å². The molecule has 0 aliphatic heterocycles. The molecule has 0 aliphatic rings. The molecule has 0 aliphatic carbocycles. The highest BCUT2D eigenvalue weighted by molar-refractivity contribution is 4.53. The van der Waals surface area contributed by atoms with E-state index in [1.54, 1.807) is 0 Å². The topological polar surface area (TPSA) is 9.23 Å². The Bertz CT molecular complexity index is 129. The molecule has 0 aromatic heterocycles. The maximum Gasteiger partial charge on any atom is 0.0836 e. The molecule has 0 aromatic rings. The average Bonchev–Trinajstić information content (AvgIpc) is 2.43. The van der Waals surface area contributed by atoms with E-state index in [4.69, 9.17) is 4.74 Å². The Morgan fingerprint density at radius 1 is 0.579 bits per heavy atom. The summed E-state index contributed by atoms with van der Waals surface area (Å²) in [6, 6.07) is 0. The number of rotatable bonds is 16. The average molecular weight is 269 g/mol. The second-order valence-corrected chi connectivity index (χ2v) is 5.65. The Labute approximate surface area is 122 Å². The van der Waals surface area contributed by atoms with Crippen molar-refractivity contribution >= 4 is 0 Å². The van der Waals surface area contributed by atoms with Gasteiger partial charge < -0.3 is 4.74 Å². The van der Waals surface area contributed by atoms with E-state index in [-0.39, 0.29) is 0 Å². The second-order valence-electron chi connectivity index (χ2n) is 5.65. The Hall–Kier alpha value is -0.0400. The number of unbranched alkanes of at least 4 members (excludes halogenated alkanes) is 13. The quantitative estimate of drug-likeness (QED) is 0.284. The van der Waals surface area contributed by atoms with Crippen molar-refractivity contribution in [1.82, 2.24) is 0 Å². The Kier molecular flexibility index (Phi) is 17.9. The maximum absolute atomic E-state index is 5.22. The Morgan fingerprint density at radius 3 is 1.42 bits per heavy atom. The highest BCUT2D eigenvalue weighted by atomic mass is 16.5. The van der Waals surface area contributed by atoms with Crippen LogP contribution in [0.5, 0.6) is 0 Å². The molecule has 0 bridgehead atoms. The van der Waals surface area contributed by atoms with Gasteiger partial charge in [-0.25, -0.2) is 0 Å². The first-order chi connectivity index (χ1) is 9.41. The fraction of sp³-hybridized carbons (Fsp3) is 0.944. The van der Waals surface area contributed by atoms with Gasteiger partial charge in [0, 0.05) is 6.61 Å². The van der Waals surface area contributed by atoms with Crippen molar-refractivity contribution in [2.45, 2.75) is 104 Å². The van der Waals surface area contributed by atoms with E-state index >= 15 is 0 Å². The number of ether oxygens (including phenoxy) is 1. The third-order valence-electron chi connectivity index (χ3n) is 3.71. The second kappa shape index (κ2) is 18.0. The van der Waals surface area contributed by atoms with E-state index in [9.17, 15) is 0 Å². The lowest BCUT2D eigenvalue weighted by Crippen LogP contribution is -1.87. The van der Waals surface area contributed by atoms with Crippen LogP contribution in [0.15, 0.2) is 0 Å². The first-order valence-electron chi connectivity index (χ1n) is 8.85. The zero-order valence-corrected chi connectivity index (χ0v) is 13.6. The lowest BCUT2D eigenvalue weighted by molar-refractivity contribution is 0.205. The van der Waals surface area contributed by atoms with Gasteiger partial charge >= 0.3 is 0 Å². The fourth-order valence-electron chi connectivity index (χ4n) is 2.45. The molecule has 0 atom stereocenters. The highest BCUT2D eigenvalue weighted by Crippen LogP contribution is 2.13. The normalized spacial score (nSPS) is 11.1. The first-order valence-corrected chi connectivity index (χ1v) is 8.85. The monoisotopic (exact) mass is 269 g/mol. The number of hydrogen-bond acceptors (Lipinski definition) is 1. The van der Waals surface area contributed by atoms with Crippen molar-refractivity contribution in [3.05, 3.63) is 6.61 Å². The van der Waals surface area contributed by atoms with E-state index in [1.807, 2.05) is 13.5 Å². The molecule has 19 heavy (non-hydrogen) atoms. The van der Waals surface area contributed by atoms with Gasteiger partial charge in [0.25, 0.3) is 0 Å². The summed E-state index contributed by atoms with van der Waals surface area (Å²) in [5.74, 6) is 0. The minimum Gasteiger partial charge on any atom is -0.376 e. The van der Waals surface area contributed by atoms with E-state index in [1.165, 1.54) is 83.5 Å². The van der Waals surface area contributed by atoms with Crippen LogP contribution in [0.3, 0.4) is 0 Å². The molecule has 0 N–H and O–H groups in total.